The Bertz CT molecular complexity index is 188. The number of fused-ring (bicyclic) bond motifs is 1. The molecule has 62 valence electrons. The Morgan fingerprint density at radius 2 is 2.45 bits per heavy atom. The third-order valence-corrected chi connectivity index (χ3v) is 3.32. The lowest BCUT2D eigenvalue weighted by molar-refractivity contribution is 0.223. The van der Waals surface area contributed by atoms with Crippen molar-refractivity contribution in [2.24, 2.45) is 17.1 Å². The van der Waals surface area contributed by atoms with E-state index < -0.39 is 0 Å². The highest BCUT2D eigenvalue weighted by Gasteiger charge is 2.43. The van der Waals surface area contributed by atoms with Crippen LogP contribution in [0.3, 0.4) is 0 Å². The summed E-state index contributed by atoms with van der Waals surface area (Å²) in [5.74, 6) is 0.672. The summed E-state index contributed by atoms with van der Waals surface area (Å²) in [6, 6.07) is 0.354. The first-order valence-electron chi connectivity index (χ1n) is 4.36. The van der Waals surface area contributed by atoms with Gasteiger partial charge in [-0.2, -0.15) is 0 Å². The summed E-state index contributed by atoms with van der Waals surface area (Å²) in [4.78, 5) is 0. The largest absolute Gasteiger partial charge is 0.327 e. The van der Waals surface area contributed by atoms with Gasteiger partial charge in [-0.3, -0.25) is 0 Å². The lowest BCUT2D eigenvalue weighted by Gasteiger charge is -2.37. The Balaban J connectivity index is 2.28. The van der Waals surface area contributed by atoms with Gasteiger partial charge in [0.05, 0.1) is 0 Å². The van der Waals surface area contributed by atoms with E-state index in [2.05, 4.69) is 24.4 Å². The fourth-order valence-electron chi connectivity index (χ4n) is 2.21. The number of rotatable bonds is 0. The molecule has 0 saturated carbocycles. The van der Waals surface area contributed by atoms with Crippen LogP contribution in [0.25, 0.3) is 0 Å². The van der Waals surface area contributed by atoms with Crippen LogP contribution in [0.2, 0.25) is 0 Å². The van der Waals surface area contributed by atoms with Crippen LogP contribution in [0.4, 0.5) is 0 Å². The Morgan fingerprint density at radius 3 is 3.18 bits per heavy atom. The van der Waals surface area contributed by atoms with Crippen molar-refractivity contribution in [3.63, 3.8) is 0 Å². The first-order chi connectivity index (χ1) is 5.23. The quantitative estimate of drug-likeness (QED) is 0.496. The summed E-state index contributed by atoms with van der Waals surface area (Å²) < 4.78 is 0. The molecular formula is C9H16N2. The monoisotopic (exact) mass is 152 g/mol. The van der Waals surface area contributed by atoms with Crippen molar-refractivity contribution in [2.45, 2.75) is 19.4 Å². The molecular weight excluding hydrogens is 136 g/mol. The zero-order valence-electron chi connectivity index (χ0n) is 7.01. The number of hydrogen-bond acceptors (Lipinski definition) is 2. The summed E-state index contributed by atoms with van der Waals surface area (Å²) in [7, 11) is 0. The van der Waals surface area contributed by atoms with Gasteiger partial charge in [0.1, 0.15) is 0 Å². The molecule has 2 nitrogen and oxygen atoms in total. The third kappa shape index (κ3) is 0.932. The van der Waals surface area contributed by atoms with E-state index in [4.69, 9.17) is 5.73 Å². The maximum Gasteiger partial charge on any atom is 0.0146 e. The average molecular weight is 152 g/mol. The number of hydrogen-bond donors (Lipinski definition) is 2. The molecule has 2 rings (SSSR count). The molecule has 1 heterocycles. The van der Waals surface area contributed by atoms with Crippen molar-refractivity contribution in [1.29, 1.82) is 0 Å². The second kappa shape index (κ2) is 2.32. The molecule has 0 aromatic carbocycles. The Morgan fingerprint density at radius 1 is 1.64 bits per heavy atom. The van der Waals surface area contributed by atoms with Crippen LogP contribution in [0.15, 0.2) is 12.2 Å². The molecule has 0 bridgehead atoms. The third-order valence-electron chi connectivity index (χ3n) is 3.32. The summed E-state index contributed by atoms with van der Waals surface area (Å²) in [5, 5.41) is 3.40. The minimum absolute atomic E-state index is 0.328. The lowest BCUT2D eigenvalue weighted by atomic mass is 9.70. The van der Waals surface area contributed by atoms with E-state index >= 15 is 0 Å². The number of nitrogens with two attached hydrogens (primary N) is 1. The molecule has 2 heteroatoms. The highest BCUT2D eigenvalue weighted by Crippen LogP contribution is 2.38. The average Bonchev–Trinajstić information content (AvgIpc) is 2.34. The minimum Gasteiger partial charge on any atom is -0.327 e. The second-order valence-electron chi connectivity index (χ2n) is 4.01. The molecule has 1 aliphatic heterocycles. The van der Waals surface area contributed by atoms with Crippen LogP contribution in [0, 0.1) is 11.3 Å². The van der Waals surface area contributed by atoms with Crippen LogP contribution in [-0.2, 0) is 0 Å². The first-order valence-corrected chi connectivity index (χ1v) is 4.36. The fraction of sp³-hybridized carbons (Fsp3) is 0.778. The molecule has 11 heavy (non-hydrogen) atoms. The minimum atomic E-state index is 0.328. The topological polar surface area (TPSA) is 38.0 Å². The maximum atomic E-state index is 6.06. The predicted octanol–water partition coefficient (Wildman–Crippen LogP) is 0.499. The van der Waals surface area contributed by atoms with Crippen molar-refractivity contribution in [1.82, 2.24) is 5.32 Å². The summed E-state index contributed by atoms with van der Waals surface area (Å²) >= 11 is 0. The van der Waals surface area contributed by atoms with Gasteiger partial charge < -0.3 is 11.1 Å². The standard InChI is InChI=1S/C9H16N2/c1-9-6-11-5-7(9)3-2-4-8(9)10/h2-3,7-8,11H,4-6,10H2,1H3. The molecule has 0 radical (unpaired) electrons. The number of nitrogens with one attached hydrogen (secondary N) is 1. The van der Waals surface area contributed by atoms with E-state index in [-0.39, 0.29) is 0 Å². The molecule has 0 aromatic rings. The van der Waals surface area contributed by atoms with Crippen LogP contribution in [0.1, 0.15) is 13.3 Å². The highest BCUT2D eigenvalue weighted by atomic mass is 15.0. The van der Waals surface area contributed by atoms with Gasteiger partial charge in [0.15, 0.2) is 0 Å². The van der Waals surface area contributed by atoms with Gasteiger partial charge in [-0.25, -0.2) is 0 Å². The van der Waals surface area contributed by atoms with Crippen LogP contribution in [-0.4, -0.2) is 19.1 Å². The van der Waals surface area contributed by atoms with E-state index in [0.29, 0.717) is 17.4 Å². The Kier molecular flexibility index (Phi) is 1.55. The van der Waals surface area contributed by atoms with Crippen LogP contribution >= 0.6 is 0 Å². The van der Waals surface area contributed by atoms with E-state index in [1.807, 2.05) is 0 Å². The highest BCUT2D eigenvalue weighted by molar-refractivity contribution is 5.12. The Labute approximate surface area is 67.8 Å². The zero-order chi connectivity index (χ0) is 7.90. The lowest BCUT2D eigenvalue weighted by Crippen LogP contribution is -2.46. The van der Waals surface area contributed by atoms with Crippen LogP contribution < -0.4 is 11.1 Å². The second-order valence-corrected chi connectivity index (χ2v) is 4.01. The molecule has 2 aliphatic rings. The van der Waals surface area contributed by atoms with E-state index in [9.17, 15) is 0 Å². The predicted molar refractivity (Wildman–Crippen MR) is 46.2 cm³/mol. The van der Waals surface area contributed by atoms with Crippen molar-refractivity contribution in [3.8, 4) is 0 Å². The molecule has 3 N–H and O–H groups in total. The summed E-state index contributed by atoms with van der Waals surface area (Å²) in [5.41, 5.74) is 6.39. The smallest absolute Gasteiger partial charge is 0.0146 e. The van der Waals surface area contributed by atoms with Crippen LogP contribution in [0.5, 0.6) is 0 Å². The first kappa shape index (κ1) is 7.32. The Hall–Kier alpha value is -0.340. The van der Waals surface area contributed by atoms with Gasteiger partial charge in [-0.15, -0.1) is 0 Å². The molecule has 1 fully saturated rings. The van der Waals surface area contributed by atoms with Crippen molar-refractivity contribution < 1.29 is 0 Å². The molecule has 3 atom stereocenters. The summed E-state index contributed by atoms with van der Waals surface area (Å²) in [6.45, 7) is 4.50. The van der Waals surface area contributed by atoms with E-state index in [1.54, 1.807) is 0 Å². The van der Waals surface area contributed by atoms with Gasteiger partial charge in [0, 0.05) is 24.5 Å². The molecule has 1 saturated heterocycles. The zero-order valence-corrected chi connectivity index (χ0v) is 7.01. The van der Waals surface area contributed by atoms with Crippen molar-refractivity contribution in [2.75, 3.05) is 13.1 Å². The van der Waals surface area contributed by atoms with Gasteiger partial charge in [0.25, 0.3) is 0 Å². The van der Waals surface area contributed by atoms with E-state index in [1.165, 1.54) is 0 Å². The molecule has 3 unspecified atom stereocenters. The summed E-state index contributed by atoms with van der Waals surface area (Å²) in [6.07, 6.45) is 5.60. The molecule has 0 aromatic heterocycles. The molecule has 0 spiro atoms. The molecule has 1 aliphatic carbocycles. The van der Waals surface area contributed by atoms with Crippen molar-refractivity contribution in [3.05, 3.63) is 12.2 Å². The van der Waals surface area contributed by atoms with Gasteiger partial charge in [-0.1, -0.05) is 19.1 Å². The fourth-order valence-corrected chi connectivity index (χ4v) is 2.21. The van der Waals surface area contributed by atoms with Crippen molar-refractivity contribution >= 4 is 0 Å². The normalized spacial score (nSPS) is 49.3. The van der Waals surface area contributed by atoms with E-state index in [0.717, 1.165) is 19.5 Å². The molecule has 0 amide bonds. The van der Waals surface area contributed by atoms with Gasteiger partial charge >= 0.3 is 0 Å². The van der Waals surface area contributed by atoms with Gasteiger partial charge in [-0.05, 0) is 12.3 Å². The SMILES string of the molecule is CC12CNCC1C=CCC2N. The maximum absolute atomic E-state index is 6.06. The van der Waals surface area contributed by atoms with Gasteiger partial charge in [0.2, 0.25) is 0 Å².